The maximum absolute atomic E-state index is 12.0. The van der Waals surface area contributed by atoms with Crippen LogP contribution in [0.1, 0.15) is 26.7 Å². The van der Waals surface area contributed by atoms with Crippen molar-refractivity contribution in [3.05, 3.63) is 0 Å². The van der Waals surface area contributed by atoms with E-state index >= 15 is 0 Å². The van der Waals surface area contributed by atoms with Crippen LogP contribution in [0.3, 0.4) is 0 Å². The van der Waals surface area contributed by atoms with Gasteiger partial charge in [-0.05, 0) is 26.3 Å². The molecule has 0 aromatic rings. The second kappa shape index (κ2) is 5.47. The molecular weight excluding hydrogens is 178 g/mol. The highest BCUT2D eigenvalue weighted by Crippen LogP contribution is 2.21. The number of rotatable bonds is 5. The fraction of sp³-hybridized carbons (Fsp3) is 0.909. The average Bonchev–Trinajstić information content (AvgIpc) is 2.59. The van der Waals surface area contributed by atoms with Crippen molar-refractivity contribution in [2.45, 2.75) is 32.7 Å². The Morgan fingerprint density at radius 3 is 2.86 bits per heavy atom. The zero-order chi connectivity index (χ0) is 10.6. The summed E-state index contributed by atoms with van der Waals surface area (Å²) in [5, 5.41) is 3.31. The van der Waals surface area contributed by atoms with Crippen LogP contribution < -0.4 is 5.32 Å². The number of methoxy groups -OCH3 is 1. The van der Waals surface area contributed by atoms with Gasteiger partial charge in [-0.15, -0.1) is 0 Å². The largest absolute Gasteiger partial charge is 0.385 e. The first-order chi connectivity index (χ1) is 6.66. The Balaban J connectivity index is 2.39. The highest BCUT2D eigenvalue weighted by Gasteiger charge is 2.31. The second-order valence-corrected chi connectivity index (χ2v) is 4.22. The minimum absolute atomic E-state index is 0.141. The van der Waals surface area contributed by atoms with Gasteiger partial charge in [-0.3, -0.25) is 4.79 Å². The minimum Gasteiger partial charge on any atom is -0.385 e. The quantitative estimate of drug-likeness (QED) is 0.723. The number of carbonyl (C=O) groups is 1. The fourth-order valence-electron chi connectivity index (χ4n) is 2.05. The van der Waals surface area contributed by atoms with Crippen LogP contribution in [0.15, 0.2) is 0 Å². The van der Waals surface area contributed by atoms with Gasteiger partial charge in [0.1, 0.15) is 5.78 Å². The molecule has 1 rings (SSSR count). The Kier molecular flexibility index (Phi) is 4.55. The zero-order valence-corrected chi connectivity index (χ0v) is 9.38. The van der Waals surface area contributed by atoms with Gasteiger partial charge < -0.3 is 10.1 Å². The molecule has 0 bridgehead atoms. The molecule has 1 aliphatic heterocycles. The summed E-state index contributed by atoms with van der Waals surface area (Å²) >= 11 is 0. The van der Waals surface area contributed by atoms with Crippen LogP contribution in [-0.2, 0) is 9.53 Å². The van der Waals surface area contributed by atoms with E-state index in [-0.39, 0.29) is 11.8 Å². The van der Waals surface area contributed by atoms with Crippen molar-refractivity contribution in [3.8, 4) is 0 Å². The molecule has 0 saturated carbocycles. The van der Waals surface area contributed by atoms with Gasteiger partial charge in [0, 0.05) is 31.6 Å². The van der Waals surface area contributed by atoms with E-state index in [0.29, 0.717) is 18.4 Å². The third-order valence-electron chi connectivity index (χ3n) is 3.13. The first kappa shape index (κ1) is 11.7. The molecule has 0 aliphatic carbocycles. The van der Waals surface area contributed by atoms with E-state index in [1.165, 1.54) is 0 Å². The molecule has 0 radical (unpaired) electrons. The first-order valence-electron chi connectivity index (χ1n) is 5.43. The van der Waals surface area contributed by atoms with Crippen LogP contribution >= 0.6 is 0 Å². The van der Waals surface area contributed by atoms with Crippen molar-refractivity contribution in [1.82, 2.24) is 5.32 Å². The molecule has 14 heavy (non-hydrogen) atoms. The zero-order valence-electron chi connectivity index (χ0n) is 9.38. The Morgan fingerprint density at radius 1 is 1.64 bits per heavy atom. The summed E-state index contributed by atoms with van der Waals surface area (Å²) in [5.74, 6) is 0.767. The minimum atomic E-state index is 0.141. The number of nitrogens with one attached hydrogen (secondary N) is 1. The molecule has 1 N–H and O–H groups in total. The molecule has 1 aliphatic rings. The summed E-state index contributed by atoms with van der Waals surface area (Å²) in [5.41, 5.74) is 0. The van der Waals surface area contributed by atoms with Crippen molar-refractivity contribution in [2.75, 3.05) is 20.3 Å². The molecule has 1 fully saturated rings. The molecule has 0 aromatic heterocycles. The van der Waals surface area contributed by atoms with Crippen molar-refractivity contribution in [2.24, 2.45) is 11.8 Å². The van der Waals surface area contributed by atoms with E-state index in [4.69, 9.17) is 4.74 Å². The number of Topliss-reactive ketones (excluding diaryl/α,β-unsaturated/α-hetero) is 1. The number of hydrogen-bond donors (Lipinski definition) is 1. The summed E-state index contributed by atoms with van der Waals surface area (Å²) in [7, 11) is 1.68. The van der Waals surface area contributed by atoms with E-state index in [0.717, 1.165) is 19.4 Å². The predicted molar refractivity (Wildman–Crippen MR) is 56.2 cm³/mol. The normalized spacial score (nSPS) is 29.1. The van der Waals surface area contributed by atoms with Gasteiger partial charge in [0.15, 0.2) is 0 Å². The summed E-state index contributed by atoms with van der Waals surface area (Å²) in [6, 6.07) is 0.354. The lowest BCUT2D eigenvalue weighted by molar-refractivity contribution is -0.127. The molecule has 0 amide bonds. The molecule has 1 saturated heterocycles. The van der Waals surface area contributed by atoms with Crippen LogP contribution in [0.25, 0.3) is 0 Å². The topological polar surface area (TPSA) is 38.3 Å². The summed E-state index contributed by atoms with van der Waals surface area (Å²) in [4.78, 5) is 12.0. The molecular formula is C11H21NO2. The van der Waals surface area contributed by atoms with Crippen LogP contribution in [-0.4, -0.2) is 32.1 Å². The lowest BCUT2D eigenvalue weighted by Crippen LogP contribution is -2.31. The lowest BCUT2D eigenvalue weighted by atomic mass is 9.88. The van der Waals surface area contributed by atoms with Crippen LogP contribution in [0.5, 0.6) is 0 Å². The summed E-state index contributed by atoms with van der Waals surface area (Å²) < 4.78 is 4.98. The van der Waals surface area contributed by atoms with E-state index in [1.54, 1.807) is 7.11 Å². The van der Waals surface area contributed by atoms with Crippen LogP contribution in [0.4, 0.5) is 0 Å². The predicted octanol–water partition coefficient (Wildman–Crippen LogP) is 1.23. The third-order valence-corrected chi connectivity index (χ3v) is 3.13. The van der Waals surface area contributed by atoms with E-state index in [1.807, 2.05) is 6.92 Å². The van der Waals surface area contributed by atoms with E-state index < -0.39 is 0 Å². The van der Waals surface area contributed by atoms with E-state index in [9.17, 15) is 4.79 Å². The van der Waals surface area contributed by atoms with Crippen molar-refractivity contribution in [1.29, 1.82) is 0 Å². The summed E-state index contributed by atoms with van der Waals surface area (Å²) in [6.07, 6.45) is 1.84. The average molecular weight is 199 g/mol. The van der Waals surface area contributed by atoms with Gasteiger partial charge in [-0.1, -0.05) is 6.92 Å². The van der Waals surface area contributed by atoms with Gasteiger partial charge in [-0.2, -0.15) is 0 Å². The Bertz CT molecular complexity index is 194. The number of ether oxygens (including phenoxy) is 1. The molecule has 0 aromatic carbocycles. The number of carbonyl (C=O) groups excluding carboxylic acids is 1. The Labute approximate surface area is 86.2 Å². The third kappa shape index (κ3) is 2.79. The molecule has 3 nitrogen and oxygen atoms in total. The molecule has 3 unspecified atom stereocenters. The number of ketones is 1. The van der Waals surface area contributed by atoms with E-state index in [2.05, 4.69) is 12.2 Å². The standard InChI is InChI=1S/C11H21NO2/c1-8(5-7-14-3)11(13)10-4-6-12-9(10)2/h8-10,12H,4-7H2,1-3H3. The van der Waals surface area contributed by atoms with Crippen molar-refractivity contribution < 1.29 is 9.53 Å². The van der Waals surface area contributed by atoms with Gasteiger partial charge in [0.2, 0.25) is 0 Å². The van der Waals surface area contributed by atoms with Crippen molar-refractivity contribution in [3.63, 3.8) is 0 Å². The van der Waals surface area contributed by atoms with Gasteiger partial charge in [-0.25, -0.2) is 0 Å². The van der Waals surface area contributed by atoms with Gasteiger partial charge >= 0.3 is 0 Å². The lowest BCUT2D eigenvalue weighted by Gasteiger charge is -2.18. The van der Waals surface area contributed by atoms with Gasteiger partial charge in [0.05, 0.1) is 0 Å². The molecule has 3 atom stereocenters. The SMILES string of the molecule is COCCC(C)C(=O)C1CCNC1C. The summed E-state index contributed by atoms with van der Waals surface area (Å²) in [6.45, 7) is 5.76. The first-order valence-corrected chi connectivity index (χ1v) is 5.43. The molecule has 1 heterocycles. The highest BCUT2D eigenvalue weighted by atomic mass is 16.5. The van der Waals surface area contributed by atoms with Gasteiger partial charge in [0.25, 0.3) is 0 Å². The fourth-order valence-corrected chi connectivity index (χ4v) is 2.05. The molecule has 82 valence electrons. The van der Waals surface area contributed by atoms with Crippen LogP contribution in [0, 0.1) is 11.8 Å². The molecule has 0 spiro atoms. The highest BCUT2D eigenvalue weighted by molar-refractivity contribution is 5.84. The smallest absolute Gasteiger partial charge is 0.140 e. The maximum Gasteiger partial charge on any atom is 0.140 e. The second-order valence-electron chi connectivity index (χ2n) is 4.22. The monoisotopic (exact) mass is 199 g/mol. The molecule has 3 heteroatoms. The Morgan fingerprint density at radius 2 is 2.36 bits per heavy atom. The Hall–Kier alpha value is -0.410. The van der Waals surface area contributed by atoms with Crippen molar-refractivity contribution >= 4 is 5.78 Å². The maximum atomic E-state index is 12.0. The van der Waals surface area contributed by atoms with Crippen LogP contribution in [0.2, 0.25) is 0 Å². The number of hydrogen-bond acceptors (Lipinski definition) is 3.